The van der Waals surface area contributed by atoms with E-state index in [2.05, 4.69) is 157 Å². The monoisotopic (exact) mass is 687 g/mol. The summed E-state index contributed by atoms with van der Waals surface area (Å²) in [5, 5.41) is 65.4. The maximum Gasteiger partial charge on any atom is 0.297 e. The van der Waals surface area contributed by atoms with Crippen LogP contribution in [0.1, 0.15) is 26.7 Å². The zero-order chi connectivity index (χ0) is 37.5. The summed E-state index contributed by atoms with van der Waals surface area (Å²) in [6.45, 7) is 2.19. The van der Waals surface area contributed by atoms with Crippen molar-refractivity contribution in [3.8, 4) is 142 Å². The third-order valence-corrected chi connectivity index (χ3v) is 5.74. The van der Waals surface area contributed by atoms with Gasteiger partial charge in [-0.3, -0.25) is 4.79 Å². The molecule has 0 bridgehead atoms. The highest BCUT2D eigenvalue weighted by molar-refractivity contribution is 5.94. The molecule has 0 aromatic carbocycles. The van der Waals surface area contributed by atoms with E-state index in [1.807, 2.05) is 0 Å². The Balaban J connectivity index is 2.75. The third-order valence-electron chi connectivity index (χ3n) is 5.74. The molecule has 256 valence electrons. The predicted molar refractivity (Wildman–Crippen MR) is 180 cm³/mol. The molecule has 1 amide bonds. The fourth-order valence-electron chi connectivity index (χ4n) is 3.49. The van der Waals surface area contributed by atoms with Gasteiger partial charge >= 0.3 is 0 Å². The highest BCUT2D eigenvalue weighted by Gasteiger charge is 2.47. The molecular formula is C39H29NO11. The maximum absolute atomic E-state index is 12.4. The summed E-state index contributed by atoms with van der Waals surface area (Å²) in [5.41, 5.74) is 0. The number of carbonyl (C=O) groups is 1. The highest BCUT2D eigenvalue weighted by atomic mass is 17.5. The van der Waals surface area contributed by atoms with Crippen molar-refractivity contribution in [3.63, 3.8) is 0 Å². The quantitative estimate of drug-likeness (QED) is 0.0681. The molecule has 0 aromatic heterocycles. The number of aliphatic hydroxyl groups is 5. The normalized spacial score (nSPS) is 18.8. The first-order chi connectivity index (χ1) is 24.8. The molecule has 0 saturated carbocycles. The van der Waals surface area contributed by atoms with E-state index in [9.17, 15) is 30.3 Å². The van der Waals surface area contributed by atoms with Crippen molar-refractivity contribution in [3.05, 3.63) is 0 Å². The summed E-state index contributed by atoms with van der Waals surface area (Å²) in [7, 11) is 0. The Labute approximate surface area is 296 Å². The first-order valence-corrected chi connectivity index (χ1v) is 14.6. The van der Waals surface area contributed by atoms with Gasteiger partial charge in [0.2, 0.25) is 0 Å². The molecule has 1 rings (SSSR count). The molecule has 51 heavy (non-hydrogen) atoms. The number of rotatable bonds is 11. The lowest BCUT2D eigenvalue weighted by molar-refractivity contribution is -0.526. The van der Waals surface area contributed by atoms with E-state index in [1.54, 1.807) is 13.8 Å². The van der Waals surface area contributed by atoms with Crippen LogP contribution in [0, 0.1) is 142 Å². The van der Waals surface area contributed by atoms with E-state index in [1.165, 1.54) is 0 Å². The molecule has 1 aliphatic rings. The maximum atomic E-state index is 12.4. The van der Waals surface area contributed by atoms with Gasteiger partial charge in [0, 0.05) is 41.4 Å². The van der Waals surface area contributed by atoms with Gasteiger partial charge in [-0.05, 0) is 108 Å². The Morgan fingerprint density at radius 1 is 0.745 bits per heavy atom. The molecule has 1 heterocycles. The molecule has 1 saturated heterocycles. The van der Waals surface area contributed by atoms with Crippen LogP contribution in [-0.4, -0.2) is 98.9 Å². The summed E-state index contributed by atoms with van der Waals surface area (Å²) in [6, 6.07) is -1.27. The second-order valence-electron chi connectivity index (χ2n) is 9.23. The molecule has 0 aromatic rings. The van der Waals surface area contributed by atoms with Gasteiger partial charge in [0.15, 0.2) is 12.4 Å². The van der Waals surface area contributed by atoms with Crippen LogP contribution in [0.3, 0.4) is 0 Å². The van der Waals surface area contributed by atoms with E-state index >= 15 is 0 Å². The molecule has 7 N–H and O–H groups in total. The Kier molecular flexibility index (Phi) is 23.3. The summed E-state index contributed by atoms with van der Waals surface area (Å²) >= 11 is 0. The van der Waals surface area contributed by atoms with Crippen molar-refractivity contribution in [2.24, 2.45) is 0 Å². The van der Waals surface area contributed by atoms with Crippen LogP contribution in [0.2, 0.25) is 0 Å². The van der Waals surface area contributed by atoms with Crippen molar-refractivity contribution in [2.45, 2.75) is 75.6 Å². The van der Waals surface area contributed by atoms with Crippen molar-refractivity contribution in [1.29, 1.82) is 0 Å². The minimum atomic E-state index is -1.74. The van der Waals surface area contributed by atoms with Gasteiger partial charge in [-0.2, -0.15) is 4.89 Å². The van der Waals surface area contributed by atoms with E-state index in [4.69, 9.17) is 14.7 Å². The number of aliphatic hydroxyl groups excluding tert-OH is 5. The van der Waals surface area contributed by atoms with Gasteiger partial charge < -0.3 is 40.3 Å². The van der Waals surface area contributed by atoms with Crippen LogP contribution in [0.4, 0.5) is 0 Å². The van der Waals surface area contributed by atoms with Crippen molar-refractivity contribution >= 4 is 5.91 Å². The molecule has 0 radical (unpaired) electrons. The van der Waals surface area contributed by atoms with Gasteiger partial charge in [0.25, 0.3) is 5.91 Å². The smallest absolute Gasteiger partial charge is 0.297 e. The largest absolute Gasteiger partial charge is 0.394 e. The van der Waals surface area contributed by atoms with Gasteiger partial charge in [-0.25, -0.2) is 5.26 Å². The van der Waals surface area contributed by atoms with E-state index in [0.717, 1.165) is 0 Å². The van der Waals surface area contributed by atoms with Crippen molar-refractivity contribution in [1.82, 2.24) is 5.32 Å². The van der Waals surface area contributed by atoms with Crippen molar-refractivity contribution < 1.29 is 55.0 Å². The molecule has 1 fully saturated rings. The average molecular weight is 688 g/mol. The predicted octanol–water partition coefficient (Wildman–Crippen LogP) is -2.70. The van der Waals surface area contributed by atoms with Crippen LogP contribution in [-0.2, 0) is 24.2 Å². The SMILES string of the molecule is CC#CC#CC#CC#CC#CC#CC#CC#CC#CC#CC#CC#CC(=O)N[C@@H](COC1OC(CO)C(O)C(OOO)C1O)C(O)[C@H](O)CCC. The number of ether oxygens (including phenoxy) is 2. The molecule has 0 aliphatic carbocycles. The first-order valence-electron chi connectivity index (χ1n) is 14.6. The van der Waals surface area contributed by atoms with Crippen LogP contribution < -0.4 is 5.32 Å². The van der Waals surface area contributed by atoms with Gasteiger partial charge in [0.1, 0.15) is 24.4 Å². The standard InChI is InChI=1S/C39H29NO11/c1-3-5-6-7-8-9-10-11-12-13-14-15-16-17-18-19-20-21-22-23-24-25-26-28-34(43)40-31(35(44)32(42)27-4-2)30-48-39-37(46)38(50-51-47)36(45)33(29-41)49-39/h31-33,35-39,41-42,44-47H,4,27,29-30H2,1-2H3,(H,40,43)/t31-,32+,33?,35?,36?,37?,38?,39?/m0/s1. The summed E-state index contributed by atoms with van der Waals surface area (Å²) in [5.74, 6) is 57.8. The summed E-state index contributed by atoms with van der Waals surface area (Å²) in [6.07, 6.45) is -9.94. The Bertz CT molecular complexity index is 1990. The van der Waals surface area contributed by atoms with Gasteiger partial charge in [-0.15, -0.1) is 0 Å². The molecule has 1 aliphatic heterocycles. The van der Waals surface area contributed by atoms with E-state index < -0.39 is 68.1 Å². The third kappa shape index (κ3) is 18.8. The Morgan fingerprint density at radius 3 is 1.61 bits per heavy atom. The number of nitrogens with one attached hydrogen (secondary N) is 1. The van der Waals surface area contributed by atoms with Gasteiger partial charge in [-0.1, -0.05) is 24.3 Å². The summed E-state index contributed by atoms with van der Waals surface area (Å²) < 4.78 is 10.8. The molecule has 0 spiro atoms. The second kappa shape index (κ2) is 27.7. The second-order valence-corrected chi connectivity index (χ2v) is 9.23. The topological polar surface area (TPSA) is 187 Å². The Morgan fingerprint density at radius 2 is 1.20 bits per heavy atom. The zero-order valence-electron chi connectivity index (χ0n) is 27.2. The number of amides is 1. The minimum Gasteiger partial charge on any atom is -0.394 e. The first kappa shape index (κ1) is 42.8. The number of hydrogen-bond donors (Lipinski definition) is 7. The summed E-state index contributed by atoms with van der Waals surface area (Å²) in [4.78, 5) is 16.9. The van der Waals surface area contributed by atoms with Crippen LogP contribution in [0.25, 0.3) is 0 Å². The Hall–Kier alpha value is -6.21. The van der Waals surface area contributed by atoms with E-state index in [0.29, 0.717) is 6.42 Å². The van der Waals surface area contributed by atoms with Crippen LogP contribution in [0.5, 0.6) is 0 Å². The van der Waals surface area contributed by atoms with Crippen molar-refractivity contribution in [2.75, 3.05) is 13.2 Å². The van der Waals surface area contributed by atoms with Crippen LogP contribution in [0.15, 0.2) is 0 Å². The lowest BCUT2D eigenvalue weighted by Gasteiger charge is -2.40. The molecule has 8 atom stereocenters. The minimum absolute atomic E-state index is 0.183. The molecular weight excluding hydrogens is 658 g/mol. The molecule has 6 unspecified atom stereocenters. The van der Waals surface area contributed by atoms with Crippen LogP contribution >= 0.6 is 0 Å². The lowest BCUT2D eigenvalue weighted by atomic mass is 9.99. The lowest BCUT2D eigenvalue weighted by Crippen LogP contribution is -2.61. The van der Waals surface area contributed by atoms with Gasteiger partial charge in [0.05, 0.1) is 25.4 Å². The molecule has 12 nitrogen and oxygen atoms in total. The molecule has 12 heteroatoms. The zero-order valence-corrected chi connectivity index (χ0v) is 27.2. The number of hydrogen-bond acceptors (Lipinski definition) is 11. The fraction of sp³-hybridized carbons (Fsp3) is 0.359. The van der Waals surface area contributed by atoms with E-state index in [-0.39, 0.29) is 6.42 Å². The fourth-order valence-corrected chi connectivity index (χ4v) is 3.49. The average Bonchev–Trinajstić information content (AvgIpc) is 3.12. The number of carbonyl (C=O) groups excluding carboxylic acids is 1. The highest BCUT2D eigenvalue weighted by Crippen LogP contribution is 2.25.